The van der Waals surface area contributed by atoms with Gasteiger partial charge in [0.05, 0.1) is 11.2 Å². The smallest absolute Gasteiger partial charge is 0.254 e. The van der Waals surface area contributed by atoms with Crippen molar-refractivity contribution < 1.29 is 14.3 Å². The zero-order valence-corrected chi connectivity index (χ0v) is 10.3. The van der Waals surface area contributed by atoms with Crippen LogP contribution in [0.15, 0.2) is 10.5 Å². The van der Waals surface area contributed by atoms with E-state index in [1.807, 2.05) is 6.92 Å². The van der Waals surface area contributed by atoms with Gasteiger partial charge in [-0.2, -0.15) is 0 Å². The Labute approximate surface area is 95.7 Å². The van der Waals surface area contributed by atoms with Gasteiger partial charge < -0.3 is 14.8 Å². The van der Waals surface area contributed by atoms with Crippen molar-refractivity contribution >= 4 is 5.91 Å². The van der Waals surface area contributed by atoms with Crippen LogP contribution in [0.25, 0.3) is 0 Å². The van der Waals surface area contributed by atoms with E-state index >= 15 is 0 Å². The van der Waals surface area contributed by atoms with E-state index in [0.717, 1.165) is 0 Å². The van der Waals surface area contributed by atoms with Crippen molar-refractivity contribution in [2.45, 2.75) is 39.7 Å². The summed E-state index contributed by atoms with van der Waals surface area (Å²) in [6.07, 6.45) is 0.594. The van der Waals surface area contributed by atoms with Crippen molar-refractivity contribution in [3.63, 3.8) is 0 Å². The molecule has 4 heteroatoms. The summed E-state index contributed by atoms with van der Waals surface area (Å²) < 4.78 is 5.27. The lowest BCUT2D eigenvalue weighted by atomic mass is 10.0. The van der Waals surface area contributed by atoms with Gasteiger partial charge in [-0.1, -0.05) is 6.92 Å². The molecule has 1 heterocycles. The zero-order chi connectivity index (χ0) is 12.3. The topological polar surface area (TPSA) is 62.5 Å². The van der Waals surface area contributed by atoms with Crippen LogP contribution in [0.2, 0.25) is 0 Å². The van der Waals surface area contributed by atoms with Crippen molar-refractivity contribution in [3.8, 4) is 0 Å². The molecule has 0 aromatic carbocycles. The summed E-state index contributed by atoms with van der Waals surface area (Å²) in [6.45, 7) is 7.36. The second-order valence-corrected chi connectivity index (χ2v) is 4.36. The van der Waals surface area contributed by atoms with Crippen LogP contribution in [0.1, 0.15) is 42.1 Å². The predicted molar refractivity (Wildman–Crippen MR) is 61.4 cm³/mol. The summed E-state index contributed by atoms with van der Waals surface area (Å²) in [5.41, 5.74) is -0.327. The van der Waals surface area contributed by atoms with E-state index in [9.17, 15) is 9.90 Å². The van der Waals surface area contributed by atoms with E-state index in [-0.39, 0.29) is 12.5 Å². The lowest BCUT2D eigenvalue weighted by Gasteiger charge is -2.21. The first-order chi connectivity index (χ1) is 7.35. The standard InChI is InChI=1S/C12H19NO3/c1-5-12(4,15)7-13-11(14)10-6-8(2)16-9(10)3/h6,15H,5,7H2,1-4H3,(H,13,14). The van der Waals surface area contributed by atoms with Crippen LogP contribution in [0.5, 0.6) is 0 Å². The Morgan fingerprint density at radius 1 is 1.56 bits per heavy atom. The van der Waals surface area contributed by atoms with E-state index in [2.05, 4.69) is 5.32 Å². The number of rotatable bonds is 4. The Bertz CT molecular complexity index is 380. The van der Waals surface area contributed by atoms with E-state index in [1.54, 1.807) is 26.8 Å². The van der Waals surface area contributed by atoms with Crippen molar-refractivity contribution in [1.82, 2.24) is 5.32 Å². The summed E-state index contributed by atoms with van der Waals surface area (Å²) >= 11 is 0. The van der Waals surface area contributed by atoms with E-state index < -0.39 is 5.60 Å². The Morgan fingerprint density at radius 2 is 2.19 bits per heavy atom. The molecule has 0 bridgehead atoms. The minimum atomic E-state index is -0.859. The average Bonchev–Trinajstić information content (AvgIpc) is 2.54. The van der Waals surface area contributed by atoms with Crippen LogP contribution in [-0.4, -0.2) is 23.2 Å². The maximum Gasteiger partial charge on any atom is 0.254 e. The SMILES string of the molecule is CCC(C)(O)CNC(=O)c1cc(C)oc1C. The van der Waals surface area contributed by atoms with Gasteiger partial charge in [0.25, 0.3) is 5.91 Å². The molecule has 90 valence electrons. The summed E-state index contributed by atoms with van der Waals surface area (Å²) in [5.74, 6) is 1.11. The fourth-order valence-corrected chi connectivity index (χ4v) is 1.35. The predicted octanol–water partition coefficient (Wildman–Crippen LogP) is 1.79. The molecule has 0 radical (unpaired) electrons. The van der Waals surface area contributed by atoms with E-state index in [0.29, 0.717) is 23.5 Å². The molecule has 1 amide bonds. The van der Waals surface area contributed by atoms with Crippen LogP contribution in [0.4, 0.5) is 0 Å². The summed E-state index contributed by atoms with van der Waals surface area (Å²) in [4.78, 5) is 11.8. The molecular weight excluding hydrogens is 206 g/mol. The fraction of sp³-hybridized carbons (Fsp3) is 0.583. The Morgan fingerprint density at radius 3 is 2.62 bits per heavy atom. The largest absolute Gasteiger partial charge is 0.466 e. The second kappa shape index (κ2) is 4.70. The molecule has 1 aromatic rings. The molecule has 1 rings (SSSR count). The number of carbonyl (C=O) groups excluding carboxylic acids is 1. The molecule has 0 saturated heterocycles. The third-order valence-electron chi connectivity index (χ3n) is 2.68. The Balaban J connectivity index is 2.63. The molecule has 0 fully saturated rings. The van der Waals surface area contributed by atoms with Crippen LogP contribution in [-0.2, 0) is 0 Å². The van der Waals surface area contributed by atoms with Gasteiger partial charge >= 0.3 is 0 Å². The van der Waals surface area contributed by atoms with Crippen LogP contribution >= 0.6 is 0 Å². The molecule has 2 N–H and O–H groups in total. The van der Waals surface area contributed by atoms with Crippen LogP contribution < -0.4 is 5.32 Å². The lowest BCUT2D eigenvalue weighted by molar-refractivity contribution is 0.0518. The van der Waals surface area contributed by atoms with Crippen molar-refractivity contribution in [2.24, 2.45) is 0 Å². The summed E-state index contributed by atoms with van der Waals surface area (Å²) in [6, 6.07) is 1.70. The molecule has 0 saturated carbocycles. The Kier molecular flexibility index (Phi) is 3.75. The van der Waals surface area contributed by atoms with Crippen molar-refractivity contribution in [3.05, 3.63) is 23.2 Å². The van der Waals surface area contributed by atoms with Gasteiger partial charge in [0.15, 0.2) is 0 Å². The van der Waals surface area contributed by atoms with E-state index in [1.165, 1.54) is 0 Å². The first-order valence-electron chi connectivity index (χ1n) is 5.43. The minimum absolute atomic E-state index is 0.205. The highest BCUT2D eigenvalue weighted by Gasteiger charge is 2.20. The molecule has 0 aliphatic heterocycles. The average molecular weight is 225 g/mol. The third-order valence-corrected chi connectivity index (χ3v) is 2.68. The van der Waals surface area contributed by atoms with Gasteiger partial charge in [0.1, 0.15) is 11.5 Å². The molecule has 0 aliphatic rings. The number of aryl methyl sites for hydroxylation is 2. The van der Waals surface area contributed by atoms with Crippen LogP contribution in [0, 0.1) is 13.8 Å². The minimum Gasteiger partial charge on any atom is -0.466 e. The van der Waals surface area contributed by atoms with Gasteiger partial charge in [-0.15, -0.1) is 0 Å². The lowest BCUT2D eigenvalue weighted by Crippen LogP contribution is -2.40. The fourth-order valence-electron chi connectivity index (χ4n) is 1.35. The number of amides is 1. The number of hydrogen-bond donors (Lipinski definition) is 2. The van der Waals surface area contributed by atoms with Crippen LogP contribution in [0.3, 0.4) is 0 Å². The van der Waals surface area contributed by atoms with Gasteiger partial charge in [0.2, 0.25) is 0 Å². The zero-order valence-electron chi connectivity index (χ0n) is 10.3. The number of aliphatic hydroxyl groups is 1. The maximum atomic E-state index is 11.8. The molecular formula is C12H19NO3. The first-order valence-corrected chi connectivity index (χ1v) is 5.43. The normalized spacial score (nSPS) is 14.6. The van der Waals surface area contributed by atoms with Gasteiger partial charge in [0, 0.05) is 6.54 Å². The van der Waals surface area contributed by atoms with Gasteiger partial charge in [-0.05, 0) is 33.3 Å². The maximum absolute atomic E-state index is 11.8. The molecule has 1 aromatic heterocycles. The number of furan rings is 1. The quantitative estimate of drug-likeness (QED) is 0.821. The molecule has 1 atom stereocenters. The molecule has 0 aliphatic carbocycles. The van der Waals surface area contributed by atoms with Gasteiger partial charge in [-0.25, -0.2) is 0 Å². The molecule has 0 spiro atoms. The molecule has 16 heavy (non-hydrogen) atoms. The Hall–Kier alpha value is -1.29. The van der Waals surface area contributed by atoms with E-state index in [4.69, 9.17) is 4.42 Å². The summed E-state index contributed by atoms with van der Waals surface area (Å²) in [7, 11) is 0. The number of hydrogen-bond acceptors (Lipinski definition) is 3. The number of carbonyl (C=O) groups is 1. The third kappa shape index (κ3) is 3.10. The molecule has 1 unspecified atom stereocenters. The number of nitrogens with one attached hydrogen (secondary N) is 1. The van der Waals surface area contributed by atoms with Crippen molar-refractivity contribution in [2.75, 3.05) is 6.54 Å². The van der Waals surface area contributed by atoms with Crippen molar-refractivity contribution in [1.29, 1.82) is 0 Å². The van der Waals surface area contributed by atoms with Gasteiger partial charge in [-0.3, -0.25) is 4.79 Å². The second-order valence-electron chi connectivity index (χ2n) is 4.36. The first kappa shape index (κ1) is 12.8. The highest BCUT2D eigenvalue weighted by Crippen LogP contribution is 2.14. The highest BCUT2D eigenvalue weighted by molar-refractivity contribution is 5.95. The summed E-state index contributed by atoms with van der Waals surface area (Å²) in [5, 5.41) is 12.5. The highest BCUT2D eigenvalue weighted by atomic mass is 16.3. The molecule has 4 nitrogen and oxygen atoms in total. The monoisotopic (exact) mass is 225 g/mol.